The topological polar surface area (TPSA) is 150 Å². The maximum Gasteiger partial charge on any atom is 0.317 e. The number of nitriles is 2. The van der Waals surface area contributed by atoms with E-state index in [0.29, 0.717) is 46.3 Å². The van der Waals surface area contributed by atoms with E-state index in [1.54, 1.807) is 51.2 Å². The van der Waals surface area contributed by atoms with Crippen LogP contribution in [0, 0.1) is 29.6 Å². The Morgan fingerprint density at radius 1 is 1.12 bits per heavy atom. The summed E-state index contributed by atoms with van der Waals surface area (Å²) >= 11 is 0. The van der Waals surface area contributed by atoms with Crippen molar-refractivity contribution in [2.24, 2.45) is 0 Å². The van der Waals surface area contributed by atoms with Crippen molar-refractivity contribution >= 4 is 29.3 Å². The molecule has 0 bridgehead atoms. The summed E-state index contributed by atoms with van der Waals surface area (Å²) in [5.41, 5.74) is 4.00. The van der Waals surface area contributed by atoms with E-state index in [1.165, 1.54) is 0 Å². The lowest BCUT2D eigenvalue weighted by Gasteiger charge is -2.24. The monoisotopic (exact) mass is 538 g/mol. The molecule has 0 saturated carbocycles. The van der Waals surface area contributed by atoms with Gasteiger partial charge in [0, 0.05) is 29.4 Å². The molecular weight excluding hydrogens is 508 g/mol. The average molecular weight is 539 g/mol. The van der Waals surface area contributed by atoms with Crippen LogP contribution in [-0.2, 0) is 24.5 Å². The van der Waals surface area contributed by atoms with E-state index in [1.807, 2.05) is 26.0 Å². The highest BCUT2D eigenvalue weighted by atomic mass is 16.6. The molecule has 0 saturated heterocycles. The molecule has 3 aromatic rings. The van der Waals surface area contributed by atoms with Gasteiger partial charge < -0.3 is 20.1 Å². The van der Waals surface area contributed by atoms with E-state index in [0.717, 1.165) is 11.1 Å². The standard InChI is InChI=1S/C30H30N6O4/c1-18-6-7-19(14-31)10-24(18)36-28-33-9-8-23(35-28)20-11-21(15-32)27-22(12-20)30(5,16-34-27)17-39-25(37)13-26(38)40-29(2,3)4/h6-12,34H,13,16-17H2,1-5H3,(H,33,35,36)/t30-/m1/s1. The summed E-state index contributed by atoms with van der Waals surface area (Å²) in [5.74, 6) is -0.987. The summed E-state index contributed by atoms with van der Waals surface area (Å²) in [7, 11) is 0. The third-order valence-electron chi connectivity index (χ3n) is 6.39. The first-order chi connectivity index (χ1) is 18.9. The zero-order chi connectivity index (χ0) is 29.1. The predicted octanol–water partition coefficient (Wildman–Crippen LogP) is 4.90. The van der Waals surface area contributed by atoms with Gasteiger partial charge in [-0.25, -0.2) is 9.97 Å². The molecule has 1 aromatic heterocycles. The molecule has 0 amide bonds. The van der Waals surface area contributed by atoms with E-state index in [4.69, 9.17) is 9.47 Å². The zero-order valence-corrected chi connectivity index (χ0v) is 23.1. The molecule has 10 nitrogen and oxygen atoms in total. The first-order valence-corrected chi connectivity index (χ1v) is 12.7. The van der Waals surface area contributed by atoms with Gasteiger partial charge in [0.25, 0.3) is 0 Å². The van der Waals surface area contributed by atoms with Gasteiger partial charge in [-0.1, -0.05) is 13.0 Å². The molecule has 4 rings (SSSR count). The van der Waals surface area contributed by atoms with E-state index in [-0.39, 0.29) is 6.61 Å². The first kappa shape index (κ1) is 28.1. The molecule has 1 atom stereocenters. The highest BCUT2D eigenvalue weighted by Crippen LogP contribution is 2.41. The van der Waals surface area contributed by atoms with Crippen LogP contribution in [0.25, 0.3) is 11.3 Å². The van der Waals surface area contributed by atoms with Crippen molar-refractivity contribution in [3.05, 3.63) is 64.8 Å². The van der Waals surface area contributed by atoms with Gasteiger partial charge in [-0.15, -0.1) is 0 Å². The largest absolute Gasteiger partial charge is 0.464 e. The van der Waals surface area contributed by atoms with Gasteiger partial charge in [0.05, 0.1) is 28.6 Å². The van der Waals surface area contributed by atoms with Crippen molar-refractivity contribution in [1.29, 1.82) is 10.5 Å². The van der Waals surface area contributed by atoms with Crippen LogP contribution in [0.5, 0.6) is 0 Å². The number of ether oxygens (including phenoxy) is 2. The molecule has 204 valence electrons. The second-order valence-electron chi connectivity index (χ2n) is 10.9. The fourth-order valence-corrected chi connectivity index (χ4v) is 4.36. The van der Waals surface area contributed by atoms with Gasteiger partial charge in [-0.2, -0.15) is 10.5 Å². The molecule has 10 heteroatoms. The van der Waals surface area contributed by atoms with Gasteiger partial charge in [-0.3, -0.25) is 9.59 Å². The number of nitrogens with one attached hydrogen (secondary N) is 2. The van der Waals surface area contributed by atoms with E-state index in [9.17, 15) is 20.1 Å². The number of hydrogen-bond acceptors (Lipinski definition) is 10. The van der Waals surface area contributed by atoms with Crippen LogP contribution in [0.2, 0.25) is 0 Å². The SMILES string of the molecule is Cc1ccc(C#N)cc1Nc1nccc(-c2cc(C#N)c3c(c2)[C@@](C)(COC(=O)CC(=O)OC(C)(C)C)CN3)n1. The maximum absolute atomic E-state index is 12.4. The lowest BCUT2D eigenvalue weighted by Crippen LogP contribution is -2.33. The number of carbonyl (C=O) groups excluding carboxylic acids is 2. The van der Waals surface area contributed by atoms with Crippen LogP contribution in [-0.4, -0.2) is 40.7 Å². The normalized spacial score (nSPS) is 15.7. The van der Waals surface area contributed by atoms with Crippen molar-refractivity contribution in [3.63, 3.8) is 0 Å². The Morgan fingerprint density at radius 3 is 2.60 bits per heavy atom. The summed E-state index contributed by atoms with van der Waals surface area (Å²) in [6.45, 7) is 9.47. The van der Waals surface area contributed by atoms with Crippen LogP contribution >= 0.6 is 0 Å². The lowest BCUT2D eigenvalue weighted by molar-refractivity contribution is -0.162. The number of carbonyl (C=O) groups is 2. The van der Waals surface area contributed by atoms with Crippen molar-refractivity contribution < 1.29 is 19.1 Å². The summed E-state index contributed by atoms with van der Waals surface area (Å²) < 4.78 is 10.7. The van der Waals surface area contributed by atoms with Crippen LogP contribution < -0.4 is 10.6 Å². The Hall–Kier alpha value is -4.96. The summed E-state index contributed by atoms with van der Waals surface area (Å²) in [6, 6.07) is 15.1. The number of aromatic nitrogens is 2. The molecule has 1 aliphatic rings. The summed E-state index contributed by atoms with van der Waals surface area (Å²) in [6.07, 6.45) is 1.13. The first-order valence-electron chi connectivity index (χ1n) is 12.7. The van der Waals surface area contributed by atoms with Crippen LogP contribution in [0.4, 0.5) is 17.3 Å². The van der Waals surface area contributed by atoms with Crippen molar-refractivity contribution in [1.82, 2.24) is 9.97 Å². The fourth-order valence-electron chi connectivity index (χ4n) is 4.36. The van der Waals surface area contributed by atoms with E-state index >= 15 is 0 Å². The fraction of sp³-hybridized carbons (Fsp3) is 0.333. The Morgan fingerprint density at radius 2 is 1.90 bits per heavy atom. The number of benzene rings is 2. The molecule has 1 aliphatic heterocycles. The minimum Gasteiger partial charge on any atom is -0.464 e. The summed E-state index contributed by atoms with van der Waals surface area (Å²) in [4.78, 5) is 33.4. The van der Waals surface area contributed by atoms with Crippen molar-refractivity contribution in [2.45, 2.75) is 52.1 Å². The van der Waals surface area contributed by atoms with Crippen molar-refractivity contribution in [3.8, 4) is 23.4 Å². The van der Waals surface area contributed by atoms with E-state index < -0.39 is 29.4 Å². The van der Waals surface area contributed by atoms with Crippen LogP contribution in [0.15, 0.2) is 42.6 Å². The third kappa shape index (κ3) is 6.36. The second-order valence-corrected chi connectivity index (χ2v) is 10.9. The molecule has 0 spiro atoms. The average Bonchev–Trinajstić information content (AvgIpc) is 3.24. The number of fused-ring (bicyclic) bond motifs is 1. The van der Waals surface area contributed by atoms with Crippen LogP contribution in [0.1, 0.15) is 56.4 Å². The van der Waals surface area contributed by atoms with Crippen molar-refractivity contribution in [2.75, 3.05) is 23.8 Å². The second kappa shape index (κ2) is 11.0. The Balaban J connectivity index is 1.58. The van der Waals surface area contributed by atoms with Crippen LogP contribution in [0.3, 0.4) is 0 Å². The lowest BCUT2D eigenvalue weighted by atomic mass is 9.83. The molecule has 2 aromatic carbocycles. The molecule has 2 N–H and O–H groups in total. The highest BCUT2D eigenvalue weighted by Gasteiger charge is 2.38. The molecule has 2 heterocycles. The van der Waals surface area contributed by atoms with Gasteiger partial charge in [-0.05, 0) is 69.2 Å². The zero-order valence-electron chi connectivity index (χ0n) is 23.1. The molecule has 0 radical (unpaired) electrons. The number of anilines is 3. The Bertz CT molecular complexity index is 1560. The van der Waals surface area contributed by atoms with Gasteiger partial charge in [0.1, 0.15) is 24.7 Å². The number of aryl methyl sites for hydroxylation is 1. The molecule has 40 heavy (non-hydrogen) atoms. The minimum atomic E-state index is -0.697. The maximum atomic E-state index is 12.4. The Labute approximate surface area is 233 Å². The number of hydrogen-bond donors (Lipinski definition) is 2. The predicted molar refractivity (Wildman–Crippen MR) is 149 cm³/mol. The Kier molecular flexibility index (Phi) is 7.74. The van der Waals surface area contributed by atoms with Gasteiger partial charge in [0.15, 0.2) is 0 Å². The number of nitrogens with zero attached hydrogens (tertiary/aromatic N) is 4. The molecule has 0 aliphatic carbocycles. The van der Waals surface area contributed by atoms with Gasteiger partial charge >= 0.3 is 11.9 Å². The molecule has 0 unspecified atom stereocenters. The summed E-state index contributed by atoms with van der Waals surface area (Å²) in [5, 5.41) is 25.6. The number of rotatable bonds is 7. The highest BCUT2D eigenvalue weighted by molar-refractivity contribution is 5.91. The quantitative estimate of drug-likeness (QED) is 0.314. The molecule has 0 fully saturated rings. The van der Waals surface area contributed by atoms with Gasteiger partial charge in [0.2, 0.25) is 5.95 Å². The van der Waals surface area contributed by atoms with E-state index in [2.05, 4.69) is 32.7 Å². The minimum absolute atomic E-state index is 0.00798. The number of esters is 2. The third-order valence-corrected chi connectivity index (χ3v) is 6.39. The smallest absolute Gasteiger partial charge is 0.317 e. The molecular formula is C30H30N6O4.